The van der Waals surface area contributed by atoms with E-state index in [0.717, 1.165) is 5.92 Å². The molecule has 3 nitrogen and oxygen atoms in total. The van der Waals surface area contributed by atoms with Gasteiger partial charge in [-0.3, -0.25) is 0 Å². The first kappa shape index (κ1) is 14.8. The van der Waals surface area contributed by atoms with E-state index in [9.17, 15) is 0 Å². The van der Waals surface area contributed by atoms with Gasteiger partial charge in [0.05, 0.1) is 11.7 Å². The molecule has 1 saturated carbocycles. The first-order valence-corrected chi connectivity index (χ1v) is 8.84. The Morgan fingerprint density at radius 2 is 1.95 bits per heavy atom. The molecule has 3 heteroatoms. The molecule has 20 heavy (non-hydrogen) atoms. The van der Waals surface area contributed by atoms with Gasteiger partial charge in [-0.05, 0) is 64.6 Å². The maximum absolute atomic E-state index is 6.53. The summed E-state index contributed by atoms with van der Waals surface area (Å²) < 4.78 is 6.53. The highest BCUT2D eigenvalue weighted by Crippen LogP contribution is 2.42. The van der Waals surface area contributed by atoms with Gasteiger partial charge in [0.25, 0.3) is 0 Å². The average Bonchev–Trinajstić information content (AvgIpc) is 2.83. The maximum Gasteiger partial charge on any atom is 0.0710 e. The molecule has 1 spiro atoms. The Morgan fingerprint density at radius 3 is 2.75 bits per heavy atom. The number of nitrogens with zero attached hydrogens (tertiary/aromatic N) is 1. The molecule has 0 aromatic carbocycles. The van der Waals surface area contributed by atoms with E-state index in [1.807, 2.05) is 0 Å². The third-order valence-corrected chi connectivity index (χ3v) is 5.66. The number of ether oxygens (including phenoxy) is 1. The van der Waals surface area contributed by atoms with Crippen LogP contribution in [-0.4, -0.2) is 49.8 Å². The lowest BCUT2D eigenvalue weighted by Crippen LogP contribution is -2.43. The Labute approximate surface area is 124 Å². The normalized spacial score (nSPS) is 34.6. The van der Waals surface area contributed by atoms with E-state index >= 15 is 0 Å². The Morgan fingerprint density at radius 1 is 1.10 bits per heavy atom. The zero-order valence-electron chi connectivity index (χ0n) is 13.2. The van der Waals surface area contributed by atoms with Gasteiger partial charge in [0.1, 0.15) is 0 Å². The predicted molar refractivity (Wildman–Crippen MR) is 83.0 cm³/mol. The van der Waals surface area contributed by atoms with Gasteiger partial charge in [-0.15, -0.1) is 0 Å². The highest BCUT2D eigenvalue weighted by molar-refractivity contribution is 4.92. The quantitative estimate of drug-likeness (QED) is 0.857. The fourth-order valence-electron chi connectivity index (χ4n) is 4.65. The zero-order chi connectivity index (χ0) is 13.8. The Hall–Kier alpha value is -0.120. The summed E-state index contributed by atoms with van der Waals surface area (Å²) in [4.78, 5) is 2.66. The summed E-state index contributed by atoms with van der Waals surface area (Å²) in [5.41, 5.74) is 0.295. The summed E-state index contributed by atoms with van der Waals surface area (Å²) in [6, 6.07) is 0. The molecule has 3 rings (SSSR count). The molecule has 116 valence electrons. The molecule has 0 aromatic heterocycles. The van der Waals surface area contributed by atoms with E-state index in [-0.39, 0.29) is 0 Å². The maximum atomic E-state index is 6.53. The number of rotatable bonds is 4. The fraction of sp³-hybridized carbons (Fsp3) is 1.00. The summed E-state index contributed by atoms with van der Waals surface area (Å²) in [7, 11) is 2.08. The number of hydrogen-bond acceptors (Lipinski definition) is 3. The van der Waals surface area contributed by atoms with Crippen LogP contribution in [0.3, 0.4) is 0 Å². The van der Waals surface area contributed by atoms with Crippen molar-refractivity contribution in [2.24, 2.45) is 5.92 Å². The first-order valence-electron chi connectivity index (χ1n) is 8.84. The summed E-state index contributed by atoms with van der Waals surface area (Å²) in [6.07, 6.45) is 12.8. The zero-order valence-corrected chi connectivity index (χ0v) is 13.2. The van der Waals surface area contributed by atoms with E-state index in [2.05, 4.69) is 17.3 Å². The second-order valence-corrected chi connectivity index (χ2v) is 7.35. The van der Waals surface area contributed by atoms with Crippen LogP contribution in [0.1, 0.15) is 57.8 Å². The fourth-order valence-corrected chi connectivity index (χ4v) is 4.65. The van der Waals surface area contributed by atoms with E-state index in [1.165, 1.54) is 84.0 Å². The number of nitrogens with one attached hydrogen (secondary N) is 1. The minimum Gasteiger partial charge on any atom is -0.370 e. The third-order valence-electron chi connectivity index (χ3n) is 5.66. The van der Waals surface area contributed by atoms with Crippen molar-refractivity contribution in [3.05, 3.63) is 0 Å². The second-order valence-electron chi connectivity index (χ2n) is 7.35. The summed E-state index contributed by atoms with van der Waals surface area (Å²) >= 11 is 0. The molecule has 1 aliphatic carbocycles. The SMILES string of the molecule is CNCC1CCCN(CC2CCC3(CCCCC3)O2)C1. The molecule has 2 saturated heterocycles. The van der Waals surface area contributed by atoms with Crippen LogP contribution in [0, 0.1) is 5.92 Å². The van der Waals surface area contributed by atoms with Crippen LogP contribution in [0.15, 0.2) is 0 Å². The summed E-state index contributed by atoms with van der Waals surface area (Å²) in [5.74, 6) is 0.846. The molecule has 2 atom stereocenters. The van der Waals surface area contributed by atoms with Crippen LogP contribution in [0.5, 0.6) is 0 Å². The van der Waals surface area contributed by atoms with Crippen molar-refractivity contribution in [2.45, 2.75) is 69.5 Å². The van der Waals surface area contributed by atoms with E-state index in [4.69, 9.17) is 4.74 Å². The third kappa shape index (κ3) is 3.55. The standard InChI is InChI=1S/C17H32N2O/c1-18-12-15-6-5-11-19(13-15)14-16-7-10-17(20-16)8-3-2-4-9-17/h15-16,18H,2-14H2,1H3. The van der Waals surface area contributed by atoms with Crippen LogP contribution < -0.4 is 5.32 Å². The van der Waals surface area contributed by atoms with Crippen LogP contribution in [0.4, 0.5) is 0 Å². The molecular weight excluding hydrogens is 248 g/mol. The Kier molecular flexibility index (Phi) is 5.00. The molecule has 2 unspecified atom stereocenters. The minimum absolute atomic E-state index is 0.295. The highest BCUT2D eigenvalue weighted by atomic mass is 16.5. The van der Waals surface area contributed by atoms with Crippen molar-refractivity contribution in [3.63, 3.8) is 0 Å². The van der Waals surface area contributed by atoms with Crippen molar-refractivity contribution in [1.29, 1.82) is 0 Å². The lowest BCUT2D eigenvalue weighted by Gasteiger charge is -2.36. The van der Waals surface area contributed by atoms with Gasteiger partial charge in [-0.1, -0.05) is 19.3 Å². The molecule has 0 radical (unpaired) electrons. The van der Waals surface area contributed by atoms with Crippen molar-refractivity contribution in [1.82, 2.24) is 10.2 Å². The largest absolute Gasteiger partial charge is 0.370 e. The van der Waals surface area contributed by atoms with Gasteiger partial charge in [0, 0.05) is 13.1 Å². The van der Waals surface area contributed by atoms with Crippen molar-refractivity contribution in [2.75, 3.05) is 33.2 Å². The van der Waals surface area contributed by atoms with Crippen LogP contribution in [0.25, 0.3) is 0 Å². The molecular formula is C17H32N2O. The number of likely N-dealkylation sites (tertiary alicyclic amines) is 1. The summed E-state index contributed by atoms with van der Waals surface area (Å²) in [5, 5.41) is 3.34. The molecule has 0 amide bonds. The first-order chi connectivity index (χ1) is 9.80. The van der Waals surface area contributed by atoms with Gasteiger partial charge in [-0.25, -0.2) is 0 Å². The van der Waals surface area contributed by atoms with Gasteiger partial charge >= 0.3 is 0 Å². The molecule has 0 bridgehead atoms. The second kappa shape index (κ2) is 6.76. The van der Waals surface area contributed by atoms with Crippen molar-refractivity contribution >= 4 is 0 Å². The highest BCUT2D eigenvalue weighted by Gasteiger charge is 2.41. The van der Waals surface area contributed by atoms with Crippen molar-refractivity contribution in [3.8, 4) is 0 Å². The van der Waals surface area contributed by atoms with E-state index in [0.29, 0.717) is 11.7 Å². The van der Waals surface area contributed by atoms with E-state index in [1.54, 1.807) is 0 Å². The molecule has 3 fully saturated rings. The van der Waals surface area contributed by atoms with Gasteiger partial charge < -0.3 is 15.0 Å². The van der Waals surface area contributed by atoms with Gasteiger partial charge in [-0.2, -0.15) is 0 Å². The predicted octanol–water partition coefficient (Wildman–Crippen LogP) is 2.80. The lowest BCUT2D eigenvalue weighted by molar-refractivity contribution is -0.0740. The van der Waals surface area contributed by atoms with Crippen LogP contribution in [0.2, 0.25) is 0 Å². The van der Waals surface area contributed by atoms with Gasteiger partial charge in [0.15, 0.2) is 0 Å². The smallest absolute Gasteiger partial charge is 0.0710 e. The molecule has 2 heterocycles. The average molecular weight is 280 g/mol. The van der Waals surface area contributed by atoms with E-state index < -0.39 is 0 Å². The van der Waals surface area contributed by atoms with Crippen LogP contribution in [-0.2, 0) is 4.74 Å². The van der Waals surface area contributed by atoms with Gasteiger partial charge in [0.2, 0.25) is 0 Å². The van der Waals surface area contributed by atoms with Crippen molar-refractivity contribution < 1.29 is 4.74 Å². The lowest BCUT2D eigenvalue weighted by atomic mass is 9.83. The minimum atomic E-state index is 0.295. The number of piperidine rings is 1. The monoisotopic (exact) mass is 280 g/mol. The Balaban J connectivity index is 1.46. The molecule has 0 aromatic rings. The topological polar surface area (TPSA) is 24.5 Å². The number of hydrogen-bond donors (Lipinski definition) is 1. The Bertz CT molecular complexity index is 299. The molecule has 1 N–H and O–H groups in total. The molecule has 2 aliphatic heterocycles. The summed E-state index contributed by atoms with van der Waals surface area (Å²) in [6.45, 7) is 4.91. The van der Waals surface area contributed by atoms with Crippen LogP contribution >= 0.6 is 0 Å². The molecule has 3 aliphatic rings.